The maximum atomic E-state index is 13.7. The first-order valence-electron chi connectivity index (χ1n) is 7.48. The van der Waals surface area contributed by atoms with E-state index in [-0.39, 0.29) is 38.7 Å². The van der Waals surface area contributed by atoms with Crippen molar-refractivity contribution < 1.29 is 14.1 Å². The van der Waals surface area contributed by atoms with Crippen LogP contribution in [0.1, 0.15) is 0 Å². The standard InChI is InChI=1S/C16H11ClFN5O3S/c17-9-5-6-12(13(7-9)23(25)26)19-14(24)8-27-16-20-15(21-22-16)10-3-1-2-4-11(10)18/h1-7H,8H2,(H,19,24)(H,20,21,22). The molecule has 1 heterocycles. The number of thioether (sulfide) groups is 1. The number of amides is 1. The van der Waals surface area contributed by atoms with Gasteiger partial charge >= 0.3 is 0 Å². The van der Waals surface area contributed by atoms with Gasteiger partial charge in [-0.15, -0.1) is 5.10 Å². The molecule has 138 valence electrons. The SMILES string of the molecule is O=C(CSc1n[nH]c(-c2ccccc2F)n1)Nc1ccc(Cl)cc1[N+](=O)[O-]. The van der Waals surface area contributed by atoms with Gasteiger partial charge in [0.15, 0.2) is 5.82 Å². The monoisotopic (exact) mass is 407 g/mol. The number of carbonyl (C=O) groups is 1. The molecule has 0 saturated heterocycles. The number of halogens is 2. The summed E-state index contributed by atoms with van der Waals surface area (Å²) in [7, 11) is 0. The molecule has 0 radical (unpaired) electrons. The summed E-state index contributed by atoms with van der Waals surface area (Å²) in [6.45, 7) is 0. The zero-order chi connectivity index (χ0) is 19.4. The summed E-state index contributed by atoms with van der Waals surface area (Å²) in [5, 5.41) is 20.5. The first-order chi connectivity index (χ1) is 12.9. The number of benzene rings is 2. The maximum Gasteiger partial charge on any atom is 0.294 e. The predicted molar refractivity (Wildman–Crippen MR) is 99.2 cm³/mol. The van der Waals surface area contributed by atoms with Crippen LogP contribution in [0.4, 0.5) is 15.8 Å². The molecule has 0 spiro atoms. The zero-order valence-electron chi connectivity index (χ0n) is 13.5. The number of nitro benzene ring substituents is 1. The molecule has 3 aromatic rings. The third-order valence-electron chi connectivity index (χ3n) is 3.36. The van der Waals surface area contributed by atoms with Crippen molar-refractivity contribution in [3.63, 3.8) is 0 Å². The Morgan fingerprint density at radius 2 is 2.11 bits per heavy atom. The van der Waals surface area contributed by atoms with E-state index in [4.69, 9.17) is 11.6 Å². The van der Waals surface area contributed by atoms with E-state index in [0.717, 1.165) is 17.8 Å². The van der Waals surface area contributed by atoms with Crippen molar-refractivity contribution in [1.29, 1.82) is 0 Å². The molecule has 2 aromatic carbocycles. The van der Waals surface area contributed by atoms with Crippen molar-refractivity contribution in [1.82, 2.24) is 15.2 Å². The van der Waals surface area contributed by atoms with E-state index in [1.54, 1.807) is 18.2 Å². The molecule has 0 bridgehead atoms. The highest BCUT2D eigenvalue weighted by molar-refractivity contribution is 7.99. The molecule has 0 unspecified atom stereocenters. The number of nitrogens with one attached hydrogen (secondary N) is 2. The fourth-order valence-corrected chi connectivity index (χ4v) is 2.93. The van der Waals surface area contributed by atoms with Crippen LogP contribution in [-0.2, 0) is 4.79 Å². The summed E-state index contributed by atoms with van der Waals surface area (Å²) in [5.41, 5.74) is -0.00398. The van der Waals surface area contributed by atoms with Gasteiger partial charge < -0.3 is 5.32 Å². The van der Waals surface area contributed by atoms with Gasteiger partial charge in [-0.25, -0.2) is 9.37 Å². The quantitative estimate of drug-likeness (QED) is 0.364. The Bertz CT molecular complexity index is 1010. The van der Waals surface area contributed by atoms with Crippen LogP contribution in [0.2, 0.25) is 5.02 Å². The Hall–Kier alpha value is -2.98. The molecular weight excluding hydrogens is 397 g/mol. The number of aromatic amines is 1. The van der Waals surface area contributed by atoms with Crippen molar-refractivity contribution in [2.24, 2.45) is 0 Å². The third-order valence-corrected chi connectivity index (χ3v) is 4.44. The molecule has 1 amide bonds. The number of anilines is 1. The van der Waals surface area contributed by atoms with Crippen molar-refractivity contribution in [2.75, 3.05) is 11.1 Å². The van der Waals surface area contributed by atoms with Crippen LogP contribution in [0.15, 0.2) is 47.6 Å². The van der Waals surface area contributed by atoms with Crippen molar-refractivity contribution in [3.8, 4) is 11.4 Å². The molecule has 0 saturated carbocycles. The van der Waals surface area contributed by atoms with Gasteiger partial charge in [-0.2, -0.15) is 0 Å². The van der Waals surface area contributed by atoms with Crippen LogP contribution < -0.4 is 5.32 Å². The Morgan fingerprint density at radius 3 is 2.85 bits per heavy atom. The summed E-state index contributed by atoms with van der Waals surface area (Å²) < 4.78 is 13.7. The van der Waals surface area contributed by atoms with Crippen LogP contribution in [-0.4, -0.2) is 31.8 Å². The fourth-order valence-electron chi connectivity index (χ4n) is 2.16. The second-order valence-electron chi connectivity index (χ2n) is 5.20. The first kappa shape index (κ1) is 18.8. The number of aromatic nitrogens is 3. The number of hydrogen-bond acceptors (Lipinski definition) is 6. The summed E-state index contributed by atoms with van der Waals surface area (Å²) in [4.78, 5) is 26.6. The summed E-state index contributed by atoms with van der Waals surface area (Å²) >= 11 is 6.74. The van der Waals surface area contributed by atoms with Gasteiger partial charge in [-0.3, -0.25) is 20.0 Å². The molecule has 0 aliphatic rings. The van der Waals surface area contributed by atoms with Gasteiger partial charge in [-0.05, 0) is 24.3 Å². The number of hydrogen-bond donors (Lipinski definition) is 2. The van der Waals surface area contributed by atoms with Gasteiger partial charge in [0.25, 0.3) is 5.69 Å². The largest absolute Gasteiger partial charge is 0.320 e. The van der Waals surface area contributed by atoms with Crippen molar-refractivity contribution in [2.45, 2.75) is 5.16 Å². The number of carbonyl (C=O) groups excluding carboxylic acids is 1. The maximum absolute atomic E-state index is 13.7. The van der Waals surface area contributed by atoms with Gasteiger partial charge in [-0.1, -0.05) is 35.5 Å². The second-order valence-corrected chi connectivity index (χ2v) is 6.58. The summed E-state index contributed by atoms with van der Waals surface area (Å²) in [5.74, 6) is -0.779. The van der Waals surface area contributed by atoms with Gasteiger partial charge in [0.2, 0.25) is 11.1 Å². The highest BCUT2D eigenvalue weighted by Crippen LogP contribution is 2.28. The van der Waals surface area contributed by atoms with E-state index in [9.17, 15) is 19.3 Å². The lowest BCUT2D eigenvalue weighted by Gasteiger charge is -2.05. The van der Waals surface area contributed by atoms with E-state index < -0.39 is 16.6 Å². The molecule has 0 aliphatic carbocycles. The molecule has 2 N–H and O–H groups in total. The molecule has 11 heteroatoms. The van der Waals surface area contributed by atoms with Crippen LogP contribution >= 0.6 is 23.4 Å². The number of H-pyrrole nitrogens is 1. The van der Waals surface area contributed by atoms with Crippen LogP contribution in [0.3, 0.4) is 0 Å². The predicted octanol–water partition coefficient (Wildman–Crippen LogP) is 3.90. The molecule has 0 atom stereocenters. The average molecular weight is 408 g/mol. The average Bonchev–Trinajstić information content (AvgIpc) is 3.10. The van der Waals surface area contributed by atoms with Gasteiger partial charge in [0.05, 0.1) is 16.2 Å². The van der Waals surface area contributed by atoms with Crippen molar-refractivity contribution >= 4 is 40.6 Å². The highest BCUT2D eigenvalue weighted by Gasteiger charge is 2.17. The lowest BCUT2D eigenvalue weighted by Crippen LogP contribution is -2.15. The second kappa shape index (κ2) is 8.14. The zero-order valence-corrected chi connectivity index (χ0v) is 15.1. The molecule has 8 nitrogen and oxygen atoms in total. The summed E-state index contributed by atoms with van der Waals surface area (Å²) in [6.07, 6.45) is 0. The van der Waals surface area contributed by atoms with E-state index in [1.807, 2.05) is 0 Å². The van der Waals surface area contributed by atoms with E-state index in [2.05, 4.69) is 20.5 Å². The normalized spacial score (nSPS) is 10.6. The van der Waals surface area contributed by atoms with Crippen molar-refractivity contribution in [3.05, 3.63) is 63.4 Å². The van der Waals surface area contributed by atoms with Crippen LogP contribution in [0, 0.1) is 15.9 Å². The smallest absolute Gasteiger partial charge is 0.294 e. The molecule has 1 aromatic heterocycles. The lowest BCUT2D eigenvalue weighted by molar-refractivity contribution is -0.383. The van der Waals surface area contributed by atoms with Crippen LogP contribution in [0.5, 0.6) is 0 Å². The van der Waals surface area contributed by atoms with E-state index >= 15 is 0 Å². The number of nitro groups is 1. The third kappa shape index (κ3) is 4.60. The lowest BCUT2D eigenvalue weighted by atomic mass is 10.2. The molecule has 27 heavy (non-hydrogen) atoms. The Labute approximate surface area is 161 Å². The molecule has 0 fully saturated rings. The topological polar surface area (TPSA) is 114 Å². The minimum absolute atomic E-state index is 0.0389. The fraction of sp³-hybridized carbons (Fsp3) is 0.0625. The minimum Gasteiger partial charge on any atom is -0.320 e. The molecule has 0 aliphatic heterocycles. The summed E-state index contributed by atoms with van der Waals surface area (Å²) in [6, 6.07) is 10.0. The van der Waals surface area contributed by atoms with Gasteiger partial charge in [0.1, 0.15) is 11.5 Å². The Balaban J connectivity index is 1.64. The number of rotatable bonds is 6. The highest BCUT2D eigenvalue weighted by atomic mass is 35.5. The first-order valence-corrected chi connectivity index (χ1v) is 8.84. The Morgan fingerprint density at radius 1 is 1.33 bits per heavy atom. The molecule has 3 rings (SSSR count). The van der Waals surface area contributed by atoms with Crippen LogP contribution in [0.25, 0.3) is 11.4 Å². The van der Waals surface area contributed by atoms with E-state index in [0.29, 0.717) is 0 Å². The Kier molecular flexibility index (Phi) is 5.67. The van der Waals surface area contributed by atoms with Gasteiger partial charge in [0, 0.05) is 11.1 Å². The molecular formula is C16H11ClFN5O3S. The number of nitrogens with zero attached hydrogens (tertiary/aromatic N) is 3. The minimum atomic E-state index is -0.634. The van der Waals surface area contributed by atoms with E-state index in [1.165, 1.54) is 18.2 Å².